The number of hydrogen-bond acceptors (Lipinski definition) is 4. The Hall–Kier alpha value is -3.29. The minimum Gasteiger partial charge on any atom is -0.508 e. The summed E-state index contributed by atoms with van der Waals surface area (Å²) in [5.41, 5.74) is 2.19. The summed E-state index contributed by atoms with van der Waals surface area (Å²) in [6, 6.07) is 18.4. The maximum atomic E-state index is 13.6. The van der Waals surface area contributed by atoms with Crippen molar-refractivity contribution in [3.63, 3.8) is 0 Å². The number of benzene rings is 3. The predicted octanol–water partition coefficient (Wildman–Crippen LogP) is 5.69. The molecule has 0 spiro atoms. The molecule has 7 heteroatoms. The van der Waals surface area contributed by atoms with Crippen molar-refractivity contribution in [3.05, 3.63) is 95.6 Å². The lowest BCUT2D eigenvalue weighted by molar-refractivity contribution is -0.295. The first-order valence-electron chi connectivity index (χ1n) is 11.8. The van der Waals surface area contributed by atoms with Crippen LogP contribution in [0, 0.1) is 23.5 Å². The number of halogens is 2. The number of phenolic OH excluding ortho intramolecular Hbond substituents is 1. The van der Waals surface area contributed by atoms with Gasteiger partial charge in [0.1, 0.15) is 17.4 Å². The van der Waals surface area contributed by atoms with Crippen LogP contribution in [0.2, 0.25) is 0 Å². The minimum absolute atomic E-state index is 0.0758. The van der Waals surface area contributed by atoms with Gasteiger partial charge in [0.15, 0.2) is 5.79 Å². The Labute approximate surface area is 202 Å². The number of ether oxygens (including phenoxy) is 2. The molecule has 2 aliphatic rings. The number of aromatic hydroxyl groups is 1. The lowest BCUT2D eigenvalue weighted by Crippen LogP contribution is -2.56. The van der Waals surface area contributed by atoms with E-state index in [0.717, 1.165) is 5.56 Å². The molecule has 0 aromatic heterocycles. The second-order valence-electron chi connectivity index (χ2n) is 9.35. The molecule has 0 unspecified atom stereocenters. The normalized spacial score (nSPS) is 26.4. The van der Waals surface area contributed by atoms with E-state index in [1.807, 2.05) is 6.92 Å². The van der Waals surface area contributed by atoms with Crippen molar-refractivity contribution in [2.45, 2.75) is 31.6 Å². The van der Waals surface area contributed by atoms with Gasteiger partial charge in [-0.15, -0.1) is 0 Å². The molecule has 1 N–H and O–H groups in total. The average Bonchev–Trinajstić information content (AvgIpc) is 2.86. The van der Waals surface area contributed by atoms with Gasteiger partial charge in [-0.25, -0.2) is 8.78 Å². The summed E-state index contributed by atoms with van der Waals surface area (Å²) in [6.07, 6.45) is 0.876. The molecular weight excluding hydrogens is 452 g/mol. The molecule has 5 rings (SSSR count). The number of β-lactam (4-membered cyclic amide) rings is 1. The van der Waals surface area contributed by atoms with Gasteiger partial charge in [0, 0.05) is 23.6 Å². The fourth-order valence-electron chi connectivity index (χ4n) is 4.92. The van der Waals surface area contributed by atoms with Gasteiger partial charge in [0.2, 0.25) is 5.91 Å². The number of carbonyl (C=O) groups is 1. The van der Waals surface area contributed by atoms with Crippen LogP contribution < -0.4 is 4.90 Å². The van der Waals surface area contributed by atoms with Gasteiger partial charge >= 0.3 is 0 Å². The highest BCUT2D eigenvalue weighted by molar-refractivity contribution is 6.03. The van der Waals surface area contributed by atoms with E-state index in [1.54, 1.807) is 53.4 Å². The zero-order valence-corrected chi connectivity index (χ0v) is 19.4. The smallest absolute Gasteiger partial charge is 0.233 e. The van der Waals surface area contributed by atoms with Gasteiger partial charge in [-0.05, 0) is 60.5 Å². The van der Waals surface area contributed by atoms with Gasteiger partial charge in [-0.3, -0.25) is 4.79 Å². The summed E-state index contributed by atoms with van der Waals surface area (Å²) in [5, 5.41) is 9.75. The highest BCUT2D eigenvalue weighted by Crippen LogP contribution is 2.48. The van der Waals surface area contributed by atoms with Gasteiger partial charge in [-0.2, -0.15) is 0 Å². The van der Waals surface area contributed by atoms with Crippen LogP contribution in [0.3, 0.4) is 0 Å². The first kappa shape index (κ1) is 23.5. The van der Waals surface area contributed by atoms with Crippen molar-refractivity contribution in [2.75, 3.05) is 18.1 Å². The summed E-state index contributed by atoms with van der Waals surface area (Å²) < 4.78 is 39.5. The van der Waals surface area contributed by atoms with Crippen LogP contribution in [0.4, 0.5) is 14.5 Å². The number of nitrogens with zero attached hydrogens (tertiary/aromatic N) is 1. The Balaban J connectivity index is 1.43. The Morgan fingerprint density at radius 1 is 0.914 bits per heavy atom. The maximum absolute atomic E-state index is 13.6. The summed E-state index contributed by atoms with van der Waals surface area (Å²) in [7, 11) is 0. The number of amides is 1. The molecule has 182 valence electrons. The van der Waals surface area contributed by atoms with Gasteiger partial charge in [0.05, 0.1) is 25.2 Å². The number of rotatable bonds is 6. The molecule has 0 bridgehead atoms. The monoisotopic (exact) mass is 479 g/mol. The molecule has 0 saturated carbocycles. The molecule has 2 fully saturated rings. The Bertz CT molecular complexity index is 1170. The second-order valence-corrected chi connectivity index (χ2v) is 9.35. The average molecular weight is 480 g/mol. The summed E-state index contributed by atoms with van der Waals surface area (Å²) in [5.74, 6) is -1.85. The fourth-order valence-corrected chi connectivity index (χ4v) is 4.92. The standard InChI is InChI=1S/C28H27F2NO4/c1-18-16-34-28(35-17-18,20-4-6-21(29)7-5-20)15-14-25-26(19-2-12-24(32)13-3-19)31(27(25)33)23-10-8-22(30)9-11-23/h2-13,18,25-26,32H,14-17H2,1H3/t18?,25-,26-,28?/m1/s1. The summed E-state index contributed by atoms with van der Waals surface area (Å²) >= 11 is 0. The topological polar surface area (TPSA) is 59.0 Å². The molecule has 0 radical (unpaired) electrons. The maximum Gasteiger partial charge on any atom is 0.233 e. The van der Waals surface area contributed by atoms with Crippen LogP contribution >= 0.6 is 0 Å². The summed E-state index contributed by atoms with van der Waals surface area (Å²) in [4.78, 5) is 15.0. The van der Waals surface area contributed by atoms with Crippen molar-refractivity contribution in [1.29, 1.82) is 0 Å². The highest BCUT2D eigenvalue weighted by atomic mass is 19.1. The van der Waals surface area contributed by atoms with E-state index < -0.39 is 5.79 Å². The van der Waals surface area contributed by atoms with Gasteiger partial charge in [-0.1, -0.05) is 31.2 Å². The molecule has 0 aliphatic carbocycles. The number of phenols is 1. The number of anilines is 1. The van der Waals surface area contributed by atoms with Crippen LogP contribution in [-0.2, 0) is 20.1 Å². The quantitative estimate of drug-likeness (QED) is 0.462. The lowest BCUT2D eigenvalue weighted by Gasteiger charge is -2.49. The van der Waals surface area contributed by atoms with E-state index in [1.165, 1.54) is 24.3 Å². The van der Waals surface area contributed by atoms with E-state index in [4.69, 9.17) is 9.47 Å². The molecule has 2 atom stereocenters. The molecule has 3 aromatic carbocycles. The van der Waals surface area contributed by atoms with E-state index in [9.17, 15) is 18.7 Å². The third-order valence-corrected chi connectivity index (χ3v) is 6.82. The first-order chi connectivity index (χ1) is 16.9. The van der Waals surface area contributed by atoms with E-state index in [0.29, 0.717) is 37.3 Å². The highest BCUT2D eigenvalue weighted by Gasteiger charge is 2.50. The van der Waals surface area contributed by atoms with E-state index in [2.05, 4.69) is 0 Å². The molecular formula is C28H27F2NO4. The van der Waals surface area contributed by atoms with Crippen LogP contribution in [0.5, 0.6) is 5.75 Å². The molecule has 5 nitrogen and oxygen atoms in total. The molecule has 2 aliphatic heterocycles. The molecule has 1 amide bonds. The van der Waals surface area contributed by atoms with Gasteiger partial charge in [0.25, 0.3) is 0 Å². The third kappa shape index (κ3) is 4.54. The first-order valence-corrected chi connectivity index (χ1v) is 11.8. The van der Waals surface area contributed by atoms with Crippen LogP contribution in [0.25, 0.3) is 0 Å². The molecule has 3 aromatic rings. The molecule has 2 saturated heterocycles. The van der Waals surface area contributed by atoms with Crippen molar-refractivity contribution < 1.29 is 28.2 Å². The van der Waals surface area contributed by atoms with Crippen molar-refractivity contribution in [1.82, 2.24) is 0 Å². The predicted molar refractivity (Wildman–Crippen MR) is 127 cm³/mol. The van der Waals surface area contributed by atoms with Crippen molar-refractivity contribution in [3.8, 4) is 5.75 Å². The Morgan fingerprint density at radius 2 is 1.49 bits per heavy atom. The molecule has 35 heavy (non-hydrogen) atoms. The van der Waals surface area contributed by atoms with Crippen LogP contribution in [0.1, 0.15) is 36.9 Å². The third-order valence-electron chi connectivity index (χ3n) is 6.82. The van der Waals surface area contributed by atoms with Gasteiger partial charge < -0.3 is 19.5 Å². The van der Waals surface area contributed by atoms with Crippen LogP contribution in [-0.4, -0.2) is 24.2 Å². The number of hydrogen-bond donors (Lipinski definition) is 1. The van der Waals surface area contributed by atoms with Crippen LogP contribution in [0.15, 0.2) is 72.8 Å². The zero-order valence-electron chi connectivity index (χ0n) is 19.4. The largest absolute Gasteiger partial charge is 0.508 e. The van der Waals surface area contributed by atoms with E-state index >= 15 is 0 Å². The van der Waals surface area contributed by atoms with Crippen molar-refractivity contribution in [2.24, 2.45) is 11.8 Å². The zero-order chi connectivity index (χ0) is 24.6. The van der Waals surface area contributed by atoms with E-state index in [-0.39, 0.29) is 41.2 Å². The van der Waals surface area contributed by atoms with Crippen molar-refractivity contribution >= 4 is 11.6 Å². The SMILES string of the molecule is CC1COC(CC[C@H]2C(=O)N(c3ccc(F)cc3)[C@@H]2c2ccc(O)cc2)(c2ccc(F)cc2)OC1. The lowest BCUT2D eigenvalue weighted by atomic mass is 9.77. The Morgan fingerprint density at radius 3 is 2.09 bits per heavy atom. The minimum atomic E-state index is -1.06. The Kier molecular flexibility index (Phi) is 6.30. The summed E-state index contributed by atoms with van der Waals surface area (Å²) in [6.45, 7) is 3.03. The second kappa shape index (κ2) is 9.40. The molecule has 2 heterocycles. The number of carbonyl (C=O) groups excluding carboxylic acids is 1. The fraction of sp³-hybridized carbons (Fsp3) is 0.321.